The maximum absolute atomic E-state index is 11.1. The van der Waals surface area contributed by atoms with Crippen LogP contribution in [-0.4, -0.2) is 21.0 Å². The van der Waals surface area contributed by atoms with E-state index in [0.29, 0.717) is 10.6 Å². The monoisotopic (exact) mass is 336 g/mol. The van der Waals surface area contributed by atoms with Crippen LogP contribution in [0, 0.1) is 6.92 Å². The first kappa shape index (κ1) is 12.4. The lowest BCUT2D eigenvalue weighted by molar-refractivity contribution is 0.0701. The third-order valence-corrected chi connectivity index (χ3v) is 4.67. The average molecular weight is 337 g/mol. The molecule has 1 aromatic carbocycles. The molecule has 0 amide bonds. The van der Waals surface area contributed by atoms with Gasteiger partial charge in [-0.25, -0.2) is 9.78 Å². The summed E-state index contributed by atoms with van der Waals surface area (Å²) in [5, 5.41) is 10.9. The molecule has 2 heterocycles. The Morgan fingerprint density at radius 1 is 1.47 bits per heavy atom. The Hall–Kier alpha value is -1.66. The summed E-state index contributed by atoms with van der Waals surface area (Å²) in [7, 11) is 0. The minimum atomic E-state index is -0.928. The van der Waals surface area contributed by atoms with Crippen LogP contribution in [-0.2, 0) is 0 Å². The Morgan fingerprint density at radius 2 is 2.26 bits per heavy atom. The zero-order valence-electron chi connectivity index (χ0n) is 9.90. The summed E-state index contributed by atoms with van der Waals surface area (Å²) in [6, 6.07) is 5.92. The molecule has 19 heavy (non-hydrogen) atoms. The minimum Gasteiger partial charge on any atom is -0.477 e. The number of halogens is 1. The minimum absolute atomic E-state index is 0.292. The van der Waals surface area contributed by atoms with E-state index in [4.69, 9.17) is 5.11 Å². The van der Waals surface area contributed by atoms with E-state index in [1.807, 2.05) is 24.4 Å². The molecule has 0 atom stereocenters. The lowest BCUT2D eigenvalue weighted by Crippen LogP contribution is -1.94. The Labute approximate surface area is 121 Å². The summed E-state index contributed by atoms with van der Waals surface area (Å²) < 4.78 is 0.940. The number of hydrogen-bond donors (Lipinski definition) is 2. The van der Waals surface area contributed by atoms with Crippen LogP contribution in [0.2, 0.25) is 0 Å². The number of hydrogen-bond acceptors (Lipinski definition) is 3. The summed E-state index contributed by atoms with van der Waals surface area (Å²) in [5.41, 5.74) is 2.49. The van der Waals surface area contributed by atoms with E-state index in [2.05, 4.69) is 25.9 Å². The Bertz CT molecular complexity index is 791. The van der Waals surface area contributed by atoms with Crippen LogP contribution in [0.15, 0.2) is 28.9 Å². The van der Waals surface area contributed by atoms with E-state index >= 15 is 0 Å². The van der Waals surface area contributed by atoms with E-state index in [9.17, 15) is 4.79 Å². The summed E-state index contributed by atoms with van der Waals surface area (Å²) in [6.07, 6.45) is 1.87. The number of aromatic amines is 1. The molecule has 6 heteroatoms. The molecule has 0 bridgehead atoms. The first-order valence-corrected chi connectivity index (χ1v) is 7.15. The fourth-order valence-corrected chi connectivity index (χ4v) is 3.45. The van der Waals surface area contributed by atoms with Crippen LogP contribution < -0.4 is 0 Å². The lowest BCUT2D eigenvalue weighted by Gasteiger charge is -2.00. The van der Waals surface area contributed by atoms with E-state index in [-0.39, 0.29) is 0 Å². The number of H-pyrrole nitrogens is 1. The topological polar surface area (TPSA) is 66.0 Å². The van der Waals surface area contributed by atoms with Crippen LogP contribution in [0.3, 0.4) is 0 Å². The summed E-state index contributed by atoms with van der Waals surface area (Å²) in [6.45, 7) is 1.72. The van der Waals surface area contributed by atoms with Gasteiger partial charge in [0, 0.05) is 21.6 Å². The number of aromatic carboxylic acids is 1. The molecular weight excluding hydrogens is 328 g/mol. The smallest absolute Gasteiger partial charge is 0.347 e. The van der Waals surface area contributed by atoms with Crippen LogP contribution in [0.4, 0.5) is 0 Å². The maximum Gasteiger partial charge on any atom is 0.347 e. The first-order chi connectivity index (χ1) is 9.06. The van der Waals surface area contributed by atoms with Crippen molar-refractivity contribution < 1.29 is 9.90 Å². The molecular formula is C13H9BrN2O2S. The van der Waals surface area contributed by atoms with Gasteiger partial charge in [-0.15, -0.1) is 11.3 Å². The fraction of sp³-hybridized carbons (Fsp3) is 0.0769. The SMILES string of the molecule is Cc1nc(-c2cc(Br)c3[nH]ccc3c2)sc1C(=O)O. The number of benzene rings is 1. The van der Waals surface area contributed by atoms with Crippen molar-refractivity contribution in [2.75, 3.05) is 0 Å². The van der Waals surface area contributed by atoms with Crippen molar-refractivity contribution in [2.45, 2.75) is 6.92 Å². The molecule has 0 radical (unpaired) electrons. The van der Waals surface area contributed by atoms with Gasteiger partial charge in [-0.2, -0.15) is 0 Å². The van der Waals surface area contributed by atoms with Crippen molar-refractivity contribution in [3.8, 4) is 10.6 Å². The van der Waals surface area contributed by atoms with E-state index < -0.39 is 5.97 Å². The molecule has 2 N–H and O–H groups in total. The quantitative estimate of drug-likeness (QED) is 0.741. The molecule has 96 valence electrons. The number of rotatable bonds is 2. The molecule has 0 spiro atoms. The molecule has 0 saturated heterocycles. The number of carboxylic acid groups (broad SMARTS) is 1. The molecule has 3 aromatic rings. The highest BCUT2D eigenvalue weighted by Crippen LogP contribution is 2.33. The van der Waals surface area contributed by atoms with Crippen LogP contribution >= 0.6 is 27.3 Å². The van der Waals surface area contributed by atoms with Gasteiger partial charge in [0.1, 0.15) is 9.88 Å². The van der Waals surface area contributed by atoms with Gasteiger partial charge in [0.25, 0.3) is 0 Å². The highest BCUT2D eigenvalue weighted by atomic mass is 79.9. The normalized spacial score (nSPS) is 11.1. The number of carboxylic acids is 1. The van der Waals surface area contributed by atoms with E-state index in [0.717, 1.165) is 25.9 Å². The number of carbonyl (C=O) groups is 1. The Balaban J connectivity index is 2.18. The summed E-state index contributed by atoms with van der Waals surface area (Å²) in [4.78, 5) is 18.8. The zero-order valence-corrected chi connectivity index (χ0v) is 12.3. The third-order valence-electron chi connectivity index (χ3n) is 2.85. The predicted molar refractivity (Wildman–Crippen MR) is 78.8 cm³/mol. The zero-order chi connectivity index (χ0) is 13.6. The van der Waals surface area contributed by atoms with E-state index in [1.54, 1.807) is 6.92 Å². The molecule has 2 aromatic heterocycles. The summed E-state index contributed by atoms with van der Waals surface area (Å²) in [5.74, 6) is -0.928. The van der Waals surface area contributed by atoms with Crippen molar-refractivity contribution in [1.82, 2.24) is 9.97 Å². The van der Waals surface area contributed by atoms with Crippen molar-refractivity contribution in [1.29, 1.82) is 0 Å². The second kappa shape index (κ2) is 4.47. The first-order valence-electron chi connectivity index (χ1n) is 5.54. The maximum atomic E-state index is 11.1. The molecule has 3 rings (SSSR count). The van der Waals surface area contributed by atoms with Gasteiger partial charge in [-0.3, -0.25) is 0 Å². The Morgan fingerprint density at radius 3 is 2.95 bits per heavy atom. The van der Waals surface area contributed by atoms with Gasteiger partial charge in [-0.05, 0) is 41.1 Å². The van der Waals surface area contributed by atoms with Gasteiger partial charge in [0.15, 0.2) is 0 Å². The van der Waals surface area contributed by atoms with Crippen molar-refractivity contribution in [3.63, 3.8) is 0 Å². The number of aryl methyl sites for hydroxylation is 1. The van der Waals surface area contributed by atoms with Crippen LogP contribution in [0.25, 0.3) is 21.5 Å². The lowest BCUT2D eigenvalue weighted by atomic mass is 10.1. The van der Waals surface area contributed by atoms with Gasteiger partial charge in [0.05, 0.1) is 11.2 Å². The van der Waals surface area contributed by atoms with E-state index in [1.165, 1.54) is 11.3 Å². The molecule has 4 nitrogen and oxygen atoms in total. The highest BCUT2D eigenvalue weighted by Gasteiger charge is 2.16. The number of fused-ring (bicyclic) bond motifs is 1. The fourth-order valence-electron chi connectivity index (χ4n) is 1.97. The van der Waals surface area contributed by atoms with Crippen LogP contribution in [0.1, 0.15) is 15.4 Å². The third kappa shape index (κ3) is 2.06. The van der Waals surface area contributed by atoms with Crippen molar-refractivity contribution in [2.24, 2.45) is 0 Å². The second-order valence-corrected chi connectivity index (χ2v) is 5.99. The predicted octanol–water partition coefficient (Wildman–Crippen LogP) is 4.06. The average Bonchev–Trinajstić information content (AvgIpc) is 2.94. The second-order valence-electron chi connectivity index (χ2n) is 4.14. The molecule has 0 saturated carbocycles. The number of thiazole rings is 1. The number of nitrogens with one attached hydrogen (secondary N) is 1. The molecule has 0 unspecified atom stereocenters. The number of nitrogens with zero attached hydrogens (tertiary/aromatic N) is 1. The van der Waals surface area contributed by atoms with Gasteiger partial charge >= 0.3 is 5.97 Å². The van der Waals surface area contributed by atoms with Gasteiger partial charge in [0.2, 0.25) is 0 Å². The molecule has 0 fully saturated rings. The van der Waals surface area contributed by atoms with Crippen molar-refractivity contribution in [3.05, 3.63) is 39.4 Å². The van der Waals surface area contributed by atoms with Crippen molar-refractivity contribution >= 4 is 44.1 Å². The highest BCUT2D eigenvalue weighted by molar-refractivity contribution is 9.10. The molecule has 0 aliphatic heterocycles. The Kier molecular flexibility index (Phi) is 2.91. The summed E-state index contributed by atoms with van der Waals surface area (Å²) >= 11 is 4.71. The van der Waals surface area contributed by atoms with Gasteiger partial charge < -0.3 is 10.1 Å². The standard InChI is InChI=1S/C13H9BrN2O2S/c1-6-11(13(17)18)19-12(16-6)8-4-7-2-3-15-10(7)9(14)5-8/h2-5,15H,1H3,(H,17,18). The molecule has 0 aliphatic rings. The van der Waals surface area contributed by atoms with Crippen LogP contribution in [0.5, 0.6) is 0 Å². The largest absolute Gasteiger partial charge is 0.477 e. The molecule has 0 aliphatic carbocycles. The van der Waals surface area contributed by atoms with Gasteiger partial charge in [-0.1, -0.05) is 0 Å². The number of aromatic nitrogens is 2.